The Kier molecular flexibility index (Phi) is 6.31. The van der Waals surface area contributed by atoms with E-state index < -0.39 is 15.3 Å². The number of anilines is 1. The fourth-order valence-electron chi connectivity index (χ4n) is 1.67. The third-order valence-corrected chi connectivity index (χ3v) is 4.76. The van der Waals surface area contributed by atoms with Crippen molar-refractivity contribution in [3.05, 3.63) is 29.8 Å². The van der Waals surface area contributed by atoms with Gasteiger partial charge in [0.2, 0.25) is 10.0 Å². The number of aryl methyl sites for hydroxylation is 1. The number of benzene rings is 1. The van der Waals surface area contributed by atoms with E-state index in [1.165, 1.54) is 5.56 Å². The summed E-state index contributed by atoms with van der Waals surface area (Å²) in [6.45, 7) is 7.15. The standard InChI is InChI=1S/C14H24N2O2S/c1-4-10-15-11-12(3)19(17,18)16-14-8-6-13(5-2)7-9-14/h6-9,12,15-16H,4-5,10-11H2,1-3H3. The third-order valence-electron chi connectivity index (χ3n) is 3.01. The molecule has 2 N–H and O–H groups in total. The van der Waals surface area contributed by atoms with Gasteiger partial charge in [-0.2, -0.15) is 0 Å². The molecule has 1 aromatic rings. The molecule has 0 heterocycles. The molecular formula is C14H24N2O2S. The average molecular weight is 284 g/mol. The molecule has 0 spiro atoms. The van der Waals surface area contributed by atoms with Crippen molar-refractivity contribution in [3.8, 4) is 0 Å². The van der Waals surface area contributed by atoms with Crippen LogP contribution in [0.3, 0.4) is 0 Å². The minimum absolute atomic E-state index is 0.454. The van der Waals surface area contributed by atoms with Gasteiger partial charge in [-0.3, -0.25) is 4.72 Å². The van der Waals surface area contributed by atoms with E-state index in [1.54, 1.807) is 6.92 Å². The van der Waals surface area contributed by atoms with Crippen LogP contribution in [-0.4, -0.2) is 26.8 Å². The molecule has 0 aliphatic rings. The molecule has 19 heavy (non-hydrogen) atoms. The van der Waals surface area contributed by atoms with Crippen LogP contribution in [0.1, 0.15) is 32.8 Å². The molecule has 5 heteroatoms. The Labute approximate surface area is 116 Å². The number of rotatable bonds is 8. The van der Waals surface area contributed by atoms with Gasteiger partial charge in [-0.25, -0.2) is 8.42 Å². The van der Waals surface area contributed by atoms with Gasteiger partial charge in [0.1, 0.15) is 0 Å². The molecule has 0 fully saturated rings. The SMILES string of the molecule is CCCNCC(C)S(=O)(=O)Nc1ccc(CC)cc1. The summed E-state index contributed by atoms with van der Waals surface area (Å²) in [5, 5.41) is 2.67. The Hall–Kier alpha value is -1.07. The summed E-state index contributed by atoms with van der Waals surface area (Å²) in [5.74, 6) is 0. The first-order valence-electron chi connectivity index (χ1n) is 6.80. The van der Waals surface area contributed by atoms with Crippen LogP contribution in [0.15, 0.2) is 24.3 Å². The fourth-order valence-corrected chi connectivity index (χ4v) is 2.67. The first-order chi connectivity index (χ1) is 8.99. The predicted molar refractivity (Wildman–Crippen MR) is 81.0 cm³/mol. The van der Waals surface area contributed by atoms with E-state index in [2.05, 4.69) is 23.9 Å². The van der Waals surface area contributed by atoms with Crippen molar-refractivity contribution in [2.24, 2.45) is 0 Å². The van der Waals surface area contributed by atoms with Gasteiger partial charge in [0, 0.05) is 12.2 Å². The molecule has 1 atom stereocenters. The zero-order chi connectivity index (χ0) is 14.3. The maximum atomic E-state index is 12.1. The second-order valence-corrected chi connectivity index (χ2v) is 6.81. The third kappa shape index (κ3) is 5.20. The fraction of sp³-hybridized carbons (Fsp3) is 0.571. The van der Waals surface area contributed by atoms with E-state index >= 15 is 0 Å². The van der Waals surface area contributed by atoms with Gasteiger partial charge in [-0.15, -0.1) is 0 Å². The van der Waals surface area contributed by atoms with Crippen LogP contribution in [-0.2, 0) is 16.4 Å². The largest absolute Gasteiger partial charge is 0.315 e. The molecule has 0 aliphatic heterocycles. The summed E-state index contributed by atoms with van der Waals surface area (Å²) in [4.78, 5) is 0. The van der Waals surface area contributed by atoms with Gasteiger partial charge in [0.15, 0.2) is 0 Å². The first kappa shape index (κ1) is 16.0. The number of hydrogen-bond donors (Lipinski definition) is 2. The van der Waals surface area contributed by atoms with Crippen molar-refractivity contribution in [1.29, 1.82) is 0 Å². The Bertz CT molecular complexity index is 469. The van der Waals surface area contributed by atoms with E-state index in [9.17, 15) is 8.42 Å². The maximum Gasteiger partial charge on any atom is 0.236 e. The smallest absolute Gasteiger partial charge is 0.236 e. The molecule has 0 bridgehead atoms. The van der Waals surface area contributed by atoms with E-state index in [-0.39, 0.29) is 0 Å². The van der Waals surface area contributed by atoms with Crippen molar-refractivity contribution < 1.29 is 8.42 Å². The van der Waals surface area contributed by atoms with Gasteiger partial charge in [0.05, 0.1) is 5.25 Å². The van der Waals surface area contributed by atoms with Gasteiger partial charge in [-0.05, 0) is 44.0 Å². The topological polar surface area (TPSA) is 58.2 Å². The molecular weight excluding hydrogens is 260 g/mol. The van der Waals surface area contributed by atoms with Crippen molar-refractivity contribution in [2.45, 2.75) is 38.9 Å². The Morgan fingerprint density at radius 1 is 1.16 bits per heavy atom. The Morgan fingerprint density at radius 2 is 1.79 bits per heavy atom. The first-order valence-corrected chi connectivity index (χ1v) is 8.35. The van der Waals surface area contributed by atoms with Crippen LogP contribution in [0.4, 0.5) is 5.69 Å². The molecule has 0 radical (unpaired) electrons. The molecule has 4 nitrogen and oxygen atoms in total. The van der Waals surface area contributed by atoms with Crippen molar-refractivity contribution in [2.75, 3.05) is 17.8 Å². The summed E-state index contributed by atoms with van der Waals surface area (Å²) in [7, 11) is -3.33. The summed E-state index contributed by atoms with van der Waals surface area (Å²) < 4.78 is 26.8. The van der Waals surface area contributed by atoms with Crippen LogP contribution >= 0.6 is 0 Å². The van der Waals surface area contributed by atoms with Crippen molar-refractivity contribution in [1.82, 2.24) is 5.32 Å². The van der Waals surface area contributed by atoms with Gasteiger partial charge >= 0.3 is 0 Å². The van der Waals surface area contributed by atoms with Gasteiger partial charge in [-0.1, -0.05) is 26.0 Å². The van der Waals surface area contributed by atoms with Gasteiger partial charge < -0.3 is 5.32 Å². The second-order valence-electron chi connectivity index (χ2n) is 4.71. The highest BCUT2D eigenvalue weighted by atomic mass is 32.2. The molecule has 0 aliphatic carbocycles. The molecule has 1 unspecified atom stereocenters. The predicted octanol–water partition coefficient (Wildman–Crippen LogP) is 2.38. The molecule has 0 saturated carbocycles. The lowest BCUT2D eigenvalue weighted by Gasteiger charge is -2.15. The monoisotopic (exact) mass is 284 g/mol. The number of nitrogens with one attached hydrogen (secondary N) is 2. The van der Waals surface area contributed by atoms with Gasteiger partial charge in [0.25, 0.3) is 0 Å². The Balaban J connectivity index is 2.62. The van der Waals surface area contributed by atoms with Crippen LogP contribution in [0, 0.1) is 0 Å². The normalized spacial score (nSPS) is 13.2. The molecule has 0 saturated heterocycles. The summed E-state index contributed by atoms with van der Waals surface area (Å²) in [6, 6.07) is 7.50. The van der Waals surface area contributed by atoms with Crippen LogP contribution < -0.4 is 10.0 Å². The highest BCUT2D eigenvalue weighted by Crippen LogP contribution is 2.13. The lowest BCUT2D eigenvalue weighted by atomic mass is 10.2. The zero-order valence-electron chi connectivity index (χ0n) is 11.9. The number of sulfonamides is 1. The Morgan fingerprint density at radius 3 is 2.32 bits per heavy atom. The maximum absolute atomic E-state index is 12.1. The van der Waals surface area contributed by atoms with E-state index in [4.69, 9.17) is 0 Å². The molecule has 0 amide bonds. The zero-order valence-corrected chi connectivity index (χ0v) is 12.8. The highest BCUT2D eigenvalue weighted by molar-refractivity contribution is 7.93. The van der Waals surface area contributed by atoms with E-state index in [0.29, 0.717) is 12.2 Å². The van der Waals surface area contributed by atoms with Crippen molar-refractivity contribution in [3.63, 3.8) is 0 Å². The lowest BCUT2D eigenvalue weighted by Crippen LogP contribution is -2.35. The van der Waals surface area contributed by atoms with E-state index in [0.717, 1.165) is 19.4 Å². The highest BCUT2D eigenvalue weighted by Gasteiger charge is 2.19. The van der Waals surface area contributed by atoms with Crippen LogP contribution in [0.5, 0.6) is 0 Å². The van der Waals surface area contributed by atoms with Crippen molar-refractivity contribution >= 4 is 15.7 Å². The van der Waals surface area contributed by atoms with Crippen LogP contribution in [0.25, 0.3) is 0 Å². The minimum Gasteiger partial charge on any atom is -0.315 e. The summed E-state index contributed by atoms with van der Waals surface area (Å²) in [5.41, 5.74) is 1.82. The molecule has 1 aromatic carbocycles. The van der Waals surface area contributed by atoms with E-state index in [1.807, 2.05) is 24.3 Å². The summed E-state index contributed by atoms with van der Waals surface area (Å²) >= 11 is 0. The molecule has 0 aromatic heterocycles. The van der Waals surface area contributed by atoms with Crippen LogP contribution in [0.2, 0.25) is 0 Å². The second kappa shape index (κ2) is 7.50. The molecule has 108 valence electrons. The quantitative estimate of drug-likeness (QED) is 0.721. The average Bonchev–Trinajstić information content (AvgIpc) is 2.39. The molecule has 1 rings (SSSR count). The lowest BCUT2D eigenvalue weighted by molar-refractivity contribution is 0.576. The summed E-state index contributed by atoms with van der Waals surface area (Å²) in [6.07, 6.45) is 1.95. The number of hydrogen-bond acceptors (Lipinski definition) is 3. The minimum atomic E-state index is -3.33.